The highest BCUT2D eigenvalue weighted by atomic mass is 35.5. The lowest BCUT2D eigenvalue weighted by molar-refractivity contribution is 0.0565. The topological polar surface area (TPSA) is 52.5 Å². The van der Waals surface area contributed by atoms with Crippen LogP contribution >= 0.6 is 11.6 Å². The van der Waals surface area contributed by atoms with Crippen molar-refractivity contribution in [3.63, 3.8) is 0 Å². The van der Waals surface area contributed by atoms with Gasteiger partial charge in [0.15, 0.2) is 0 Å². The van der Waals surface area contributed by atoms with Crippen LogP contribution in [0.1, 0.15) is 18.1 Å². The molecule has 0 amide bonds. The van der Waals surface area contributed by atoms with E-state index in [1.807, 2.05) is 0 Å². The number of benzene rings is 2. The Labute approximate surface area is 128 Å². The summed E-state index contributed by atoms with van der Waals surface area (Å²) in [5.74, 6) is -0.195. The van der Waals surface area contributed by atoms with Crippen LogP contribution in [0.4, 0.5) is 4.39 Å². The van der Waals surface area contributed by atoms with Crippen molar-refractivity contribution in [3.05, 3.63) is 64.4 Å². The lowest BCUT2D eigenvalue weighted by Crippen LogP contribution is -2.35. The number of aliphatic hydroxyl groups is 1. The molecule has 1 atom stereocenters. The Hall–Kier alpha value is -1.62. The Morgan fingerprint density at radius 3 is 2.52 bits per heavy atom. The first-order chi connectivity index (χ1) is 9.88. The van der Waals surface area contributed by atoms with Crippen molar-refractivity contribution in [3.8, 4) is 5.75 Å². The number of halogens is 2. The second-order valence-electron chi connectivity index (χ2n) is 5.16. The van der Waals surface area contributed by atoms with Gasteiger partial charge in [0.25, 0.3) is 0 Å². The summed E-state index contributed by atoms with van der Waals surface area (Å²) in [6.45, 7) is 2.26. The first kappa shape index (κ1) is 15.8. The molecular weight excluding hydrogens is 293 g/mol. The fourth-order valence-electron chi connectivity index (χ4n) is 2.05. The van der Waals surface area contributed by atoms with E-state index in [2.05, 4.69) is 5.32 Å². The van der Waals surface area contributed by atoms with Crippen LogP contribution in [0.3, 0.4) is 0 Å². The summed E-state index contributed by atoms with van der Waals surface area (Å²) in [6, 6.07) is 10.5. The smallest absolute Gasteiger partial charge is 0.123 e. The molecule has 5 heteroatoms. The lowest BCUT2D eigenvalue weighted by Gasteiger charge is -2.24. The summed E-state index contributed by atoms with van der Waals surface area (Å²) < 4.78 is 12.9. The standard InChI is InChI=1S/C16H17ClFNO2/c1-16(21,12-2-5-14(18)6-3-12)10-19-9-11-8-13(17)4-7-15(11)20/h2-8,19-21H,9-10H2,1H3. The molecule has 3 N–H and O–H groups in total. The van der Waals surface area contributed by atoms with Gasteiger partial charge < -0.3 is 15.5 Å². The monoisotopic (exact) mass is 309 g/mol. The number of nitrogens with one attached hydrogen (secondary N) is 1. The van der Waals surface area contributed by atoms with E-state index in [0.29, 0.717) is 22.7 Å². The van der Waals surface area contributed by atoms with Crippen molar-refractivity contribution in [2.45, 2.75) is 19.1 Å². The second kappa shape index (κ2) is 6.43. The quantitative estimate of drug-likeness (QED) is 0.795. The number of phenolic OH excluding ortho intramolecular Hbond substituents is 1. The van der Waals surface area contributed by atoms with E-state index in [0.717, 1.165) is 0 Å². The van der Waals surface area contributed by atoms with E-state index in [9.17, 15) is 14.6 Å². The van der Waals surface area contributed by atoms with Crippen LogP contribution in [0.15, 0.2) is 42.5 Å². The van der Waals surface area contributed by atoms with Gasteiger partial charge in [-0.3, -0.25) is 0 Å². The highest BCUT2D eigenvalue weighted by Gasteiger charge is 2.22. The van der Waals surface area contributed by atoms with Crippen LogP contribution in [0.2, 0.25) is 5.02 Å². The molecule has 0 saturated carbocycles. The molecule has 2 aromatic rings. The third-order valence-electron chi connectivity index (χ3n) is 3.29. The van der Waals surface area contributed by atoms with E-state index in [1.54, 1.807) is 31.2 Å². The van der Waals surface area contributed by atoms with Gasteiger partial charge in [0.05, 0.1) is 5.60 Å². The van der Waals surface area contributed by atoms with Crippen molar-refractivity contribution in [2.75, 3.05) is 6.54 Å². The largest absolute Gasteiger partial charge is 0.508 e. The highest BCUT2D eigenvalue weighted by Crippen LogP contribution is 2.23. The minimum atomic E-state index is -1.14. The molecule has 2 rings (SSSR count). The van der Waals surface area contributed by atoms with Crippen molar-refractivity contribution in [2.24, 2.45) is 0 Å². The Kier molecular flexibility index (Phi) is 4.83. The fraction of sp³-hybridized carbons (Fsp3) is 0.250. The Morgan fingerprint density at radius 2 is 1.86 bits per heavy atom. The van der Waals surface area contributed by atoms with Gasteiger partial charge in [-0.2, -0.15) is 0 Å². The number of hydrogen-bond acceptors (Lipinski definition) is 3. The van der Waals surface area contributed by atoms with E-state index >= 15 is 0 Å². The van der Waals surface area contributed by atoms with Crippen molar-refractivity contribution in [1.29, 1.82) is 0 Å². The molecule has 1 unspecified atom stereocenters. The molecule has 0 aliphatic heterocycles. The number of rotatable bonds is 5. The third kappa shape index (κ3) is 4.17. The summed E-state index contributed by atoms with van der Waals surface area (Å²) in [7, 11) is 0. The van der Waals surface area contributed by atoms with E-state index in [4.69, 9.17) is 11.6 Å². The average molecular weight is 310 g/mol. The summed E-state index contributed by atoms with van der Waals surface area (Å²) in [5, 5.41) is 23.7. The Morgan fingerprint density at radius 1 is 1.19 bits per heavy atom. The van der Waals surface area contributed by atoms with Gasteiger partial charge in [-0.1, -0.05) is 23.7 Å². The fourth-order valence-corrected chi connectivity index (χ4v) is 2.24. The van der Waals surface area contributed by atoms with E-state index < -0.39 is 5.60 Å². The number of hydrogen-bond donors (Lipinski definition) is 3. The Balaban J connectivity index is 1.98. The normalized spacial score (nSPS) is 13.9. The minimum absolute atomic E-state index is 0.147. The van der Waals surface area contributed by atoms with Gasteiger partial charge in [-0.25, -0.2) is 4.39 Å². The molecular formula is C16H17ClFNO2. The molecule has 0 bridgehead atoms. The predicted molar refractivity (Wildman–Crippen MR) is 80.8 cm³/mol. The van der Waals surface area contributed by atoms with Crippen molar-refractivity contribution < 1.29 is 14.6 Å². The van der Waals surface area contributed by atoms with Crippen LogP contribution in [-0.4, -0.2) is 16.8 Å². The summed E-state index contributed by atoms with van der Waals surface area (Å²) in [6.07, 6.45) is 0. The molecule has 0 spiro atoms. The lowest BCUT2D eigenvalue weighted by atomic mass is 9.96. The van der Waals surface area contributed by atoms with Crippen LogP contribution < -0.4 is 5.32 Å². The Bertz CT molecular complexity index is 614. The van der Waals surface area contributed by atoms with Crippen LogP contribution in [0, 0.1) is 5.82 Å². The van der Waals surface area contributed by atoms with Crippen LogP contribution in [0.5, 0.6) is 5.75 Å². The van der Waals surface area contributed by atoms with E-state index in [-0.39, 0.29) is 18.1 Å². The first-order valence-corrected chi connectivity index (χ1v) is 6.93. The highest BCUT2D eigenvalue weighted by molar-refractivity contribution is 6.30. The van der Waals surface area contributed by atoms with Crippen LogP contribution in [0.25, 0.3) is 0 Å². The second-order valence-corrected chi connectivity index (χ2v) is 5.59. The first-order valence-electron chi connectivity index (χ1n) is 6.55. The van der Waals surface area contributed by atoms with Gasteiger partial charge in [-0.15, -0.1) is 0 Å². The van der Waals surface area contributed by atoms with Crippen LogP contribution in [-0.2, 0) is 12.1 Å². The molecule has 112 valence electrons. The third-order valence-corrected chi connectivity index (χ3v) is 3.53. The van der Waals surface area contributed by atoms with Gasteiger partial charge >= 0.3 is 0 Å². The van der Waals surface area contributed by atoms with Gasteiger partial charge in [0.1, 0.15) is 11.6 Å². The average Bonchev–Trinajstić information content (AvgIpc) is 2.43. The summed E-state index contributed by atoms with van der Waals surface area (Å²) in [5.41, 5.74) is 0.131. The molecule has 21 heavy (non-hydrogen) atoms. The number of phenols is 1. The zero-order valence-electron chi connectivity index (χ0n) is 11.6. The molecule has 2 aromatic carbocycles. The molecule has 3 nitrogen and oxygen atoms in total. The molecule has 0 aliphatic carbocycles. The SMILES string of the molecule is CC(O)(CNCc1cc(Cl)ccc1O)c1ccc(F)cc1. The molecule has 0 fully saturated rings. The molecule has 0 aliphatic rings. The molecule has 0 saturated heterocycles. The zero-order valence-corrected chi connectivity index (χ0v) is 12.4. The van der Waals surface area contributed by atoms with Gasteiger partial charge in [0.2, 0.25) is 0 Å². The summed E-state index contributed by atoms with van der Waals surface area (Å²) in [4.78, 5) is 0. The van der Waals surface area contributed by atoms with Gasteiger partial charge in [0, 0.05) is 23.7 Å². The molecule has 0 radical (unpaired) electrons. The van der Waals surface area contributed by atoms with Crippen molar-refractivity contribution in [1.82, 2.24) is 5.32 Å². The maximum Gasteiger partial charge on any atom is 0.123 e. The molecule has 0 heterocycles. The maximum atomic E-state index is 12.9. The summed E-state index contributed by atoms with van der Waals surface area (Å²) >= 11 is 5.87. The predicted octanol–water partition coefficient (Wildman–Crippen LogP) is 3.18. The number of aromatic hydroxyl groups is 1. The van der Waals surface area contributed by atoms with Gasteiger partial charge in [-0.05, 0) is 42.8 Å². The zero-order chi connectivity index (χ0) is 15.5. The molecule has 0 aromatic heterocycles. The van der Waals surface area contributed by atoms with E-state index in [1.165, 1.54) is 18.2 Å². The maximum absolute atomic E-state index is 12.9. The van der Waals surface area contributed by atoms with Crippen molar-refractivity contribution >= 4 is 11.6 Å². The minimum Gasteiger partial charge on any atom is -0.508 e.